The molecule has 1 aliphatic rings. The van der Waals surface area contributed by atoms with E-state index in [1.807, 2.05) is 41.1 Å². The van der Waals surface area contributed by atoms with E-state index in [1.54, 1.807) is 11.3 Å². The molecule has 0 fully saturated rings. The van der Waals surface area contributed by atoms with E-state index in [0.29, 0.717) is 11.0 Å². The fraction of sp³-hybridized carbons (Fsp3) is 0.375. The standard InChI is InChI=1S/C16H18N2OS3/c1-11-9-20-16(17-11)21-10-15(19)18-8-7-12(2)22-14-6-4-3-5-13(14)18/h3-6,9,12H,7-8,10H2,1-2H3/t12-/m0/s1. The molecule has 0 bridgehead atoms. The van der Waals surface area contributed by atoms with Crippen molar-refractivity contribution in [1.29, 1.82) is 0 Å². The van der Waals surface area contributed by atoms with Crippen LogP contribution >= 0.6 is 34.9 Å². The highest BCUT2D eigenvalue weighted by atomic mass is 32.2. The van der Waals surface area contributed by atoms with Crippen molar-refractivity contribution in [3.8, 4) is 0 Å². The van der Waals surface area contributed by atoms with Crippen LogP contribution in [0.25, 0.3) is 0 Å². The number of thiazole rings is 1. The third kappa shape index (κ3) is 3.67. The molecule has 0 aliphatic carbocycles. The zero-order valence-electron chi connectivity index (χ0n) is 12.6. The highest BCUT2D eigenvalue weighted by Crippen LogP contribution is 2.37. The van der Waals surface area contributed by atoms with Crippen molar-refractivity contribution in [3.05, 3.63) is 35.3 Å². The molecule has 2 aromatic rings. The second kappa shape index (κ2) is 7.06. The van der Waals surface area contributed by atoms with E-state index in [9.17, 15) is 4.79 Å². The van der Waals surface area contributed by atoms with E-state index in [0.717, 1.165) is 28.7 Å². The summed E-state index contributed by atoms with van der Waals surface area (Å²) in [6.07, 6.45) is 1.02. The predicted octanol–water partition coefficient (Wildman–Crippen LogP) is 4.46. The van der Waals surface area contributed by atoms with Gasteiger partial charge in [-0.05, 0) is 25.5 Å². The lowest BCUT2D eigenvalue weighted by Crippen LogP contribution is -2.33. The number of anilines is 1. The molecule has 1 aromatic heterocycles. The molecule has 1 amide bonds. The second-order valence-electron chi connectivity index (χ2n) is 5.27. The number of fused-ring (bicyclic) bond motifs is 1. The predicted molar refractivity (Wildman–Crippen MR) is 96.3 cm³/mol. The number of amides is 1. The van der Waals surface area contributed by atoms with E-state index in [-0.39, 0.29) is 5.91 Å². The lowest BCUT2D eigenvalue weighted by Gasteiger charge is -2.22. The summed E-state index contributed by atoms with van der Waals surface area (Å²) in [5.41, 5.74) is 2.07. The summed E-state index contributed by atoms with van der Waals surface area (Å²) in [6.45, 7) is 5.00. The summed E-state index contributed by atoms with van der Waals surface area (Å²) < 4.78 is 0.969. The maximum absolute atomic E-state index is 12.7. The Labute approximate surface area is 143 Å². The number of hydrogen-bond acceptors (Lipinski definition) is 5. The molecule has 0 radical (unpaired) electrons. The van der Waals surface area contributed by atoms with Crippen molar-refractivity contribution in [2.75, 3.05) is 17.2 Å². The minimum absolute atomic E-state index is 0.167. The van der Waals surface area contributed by atoms with Crippen molar-refractivity contribution in [2.45, 2.75) is 34.8 Å². The summed E-state index contributed by atoms with van der Waals surface area (Å²) in [6, 6.07) is 8.21. The maximum atomic E-state index is 12.7. The first kappa shape index (κ1) is 15.9. The molecule has 1 aromatic carbocycles. The van der Waals surface area contributed by atoms with Gasteiger partial charge in [-0.15, -0.1) is 23.1 Å². The van der Waals surface area contributed by atoms with Gasteiger partial charge in [-0.3, -0.25) is 4.79 Å². The van der Waals surface area contributed by atoms with Crippen LogP contribution < -0.4 is 4.90 Å². The molecule has 1 atom stereocenters. The molecule has 0 saturated heterocycles. The van der Waals surface area contributed by atoms with Crippen LogP contribution in [0, 0.1) is 6.92 Å². The number of rotatable bonds is 3. The second-order valence-corrected chi connectivity index (χ2v) is 8.83. The molecule has 3 rings (SSSR count). The van der Waals surface area contributed by atoms with Gasteiger partial charge in [0, 0.05) is 27.8 Å². The Morgan fingerprint density at radius 3 is 3.05 bits per heavy atom. The molecule has 0 spiro atoms. The van der Waals surface area contributed by atoms with E-state index < -0.39 is 0 Å². The Morgan fingerprint density at radius 1 is 1.45 bits per heavy atom. The fourth-order valence-corrected chi connectivity index (χ4v) is 5.18. The highest BCUT2D eigenvalue weighted by molar-refractivity contribution is 8.01. The molecular weight excluding hydrogens is 332 g/mol. The quantitative estimate of drug-likeness (QED) is 0.765. The Bertz CT molecular complexity index is 671. The number of carbonyl (C=O) groups excluding carboxylic acids is 1. The van der Waals surface area contributed by atoms with Gasteiger partial charge in [-0.25, -0.2) is 4.98 Å². The molecule has 0 saturated carbocycles. The highest BCUT2D eigenvalue weighted by Gasteiger charge is 2.24. The Kier molecular flexibility index (Phi) is 5.10. The zero-order valence-corrected chi connectivity index (χ0v) is 15.1. The topological polar surface area (TPSA) is 33.2 Å². The number of thioether (sulfide) groups is 2. The lowest BCUT2D eigenvalue weighted by molar-refractivity contribution is -0.116. The van der Waals surface area contributed by atoms with Crippen LogP contribution in [-0.4, -0.2) is 28.4 Å². The van der Waals surface area contributed by atoms with Gasteiger partial charge in [-0.2, -0.15) is 0 Å². The first-order chi connectivity index (χ1) is 10.6. The van der Waals surface area contributed by atoms with Crippen LogP contribution in [0.15, 0.2) is 38.9 Å². The third-order valence-electron chi connectivity index (χ3n) is 3.46. The molecule has 1 aliphatic heterocycles. The number of para-hydroxylation sites is 1. The van der Waals surface area contributed by atoms with Crippen molar-refractivity contribution in [1.82, 2.24) is 4.98 Å². The molecule has 0 N–H and O–H groups in total. The van der Waals surface area contributed by atoms with E-state index in [2.05, 4.69) is 24.0 Å². The molecular formula is C16H18N2OS3. The van der Waals surface area contributed by atoms with Crippen molar-refractivity contribution >= 4 is 46.5 Å². The molecule has 2 heterocycles. The van der Waals surface area contributed by atoms with Crippen LogP contribution in [0.2, 0.25) is 0 Å². The summed E-state index contributed by atoms with van der Waals surface area (Å²) >= 11 is 5.00. The van der Waals surface area contributed by atoms with Gasteiger partial charge in [0.1, 0.15) is 0 Å². The summed E-state index contributed by atoms with van der Waals surface area (Å²) in [5.74, 6) is 0.611. The van der Waals surface area contributed by atoms with Crippen molar-refractivity contribution in [3.63, 3.8) is 0 Å². The van der Waals surface area contributed by atoms with Gasteiger partial charge < -0.3 is 4.90 Å². The molecule has 0 unspecified atom stereocenters. The average molecular weight is 351 g/mol. The number of hydrogen-bond donors (Lipinski definition) is 0. The van der Waals surface area contributed by atoms with E-state index in [4.69, 9.17) is 0 Å². The lowest BCUT2D eigenvalue weighted by atomic mass is 10.2. The molecule has 116 valence electrons. The number of carbonyl (C=O) groups is 1. The fourth-order valence-electron chi connectivity index (χ4n) is 2.35. The van der Waals surface area contributed by atoms with Gasteiger partial charge in [-0.1, -0.05) is 30.8 Å². The number of aromatic nitrogens is 1. The third-order valence-corrected chi connectivity index (χ3v) is 6.82. The van der Waals surface area contributed by atoms with Gasteiger partial charge in [0.15, 0.2) is 4.34 Å². The summed E-state index contributed by atoms with van der Waals surface area (Å²) in [5, 5.41) is 2.56. The SMILES string of the molecule is Cc1csc(SCC(=O)N2CC[C@H](C)Sc3ccccc32)n1. The van der Waals surface area contributed by atoms with Gasteiger partial charge in [0.25, 0.3) is 0 Å². The smallest absolute Gasteiger partial charge is 0.237 e. The van der Waals surface area contributed by atoms with Gasteiger partial charge in [0.05, 0.1) is 11.4 Å². The minimum atomic E-state index is 0.167. The van der Waals surface area contributed by atoms with Crippen LogP contribution in [-0.2, 0) is 4.79 Å². The van der Waals surface area contributed by atoms with Crippen LogP contribution in [0.1, 0.15) is 19.0 Å². The maximum Gasteiger partial charge on any atom is 0.237 e. The van der Waals surface area contributed by atoms with Crippen LogP contribution in [0.5, 0.6) is 0 Å². The van der Waals surface area contributed by atoms with Crippen molar-refractivity contribution in [2.24, 2.45) is 0 Å². The Morgan fingerprint density at radius 2 is 2.27 bits per heavy atom. The van der Waals surface area contributed by atoms with Crippen molar-refractivity contribution < 1.29 is 4.79 Å². The molecule has 6 heteroatoms. The van der Waals surface area contributed by atoms with Gasteiger partial charge >= 0.3 is 0 Å². The Balaban J connectivity index is 1.74. The summed E-state index contributed by atoms with van der Waals surface area (Å²) in [7, 11) is 0. The first-order valence-electron chi connectivity index (χ1n) is 7.24. The average Bonchev–Trinajstić information content (AvgIpc) is 2.84. The molecule has 22 heavy (non-hydrogen) atoms. The Hall–Kier alpha value is -0.980. The van der Waals surface area contributed by atoms with Crippen LogP contribution in [0.3, 0.4) is 0 Å². The number of aryl methyl sites for hydroxylation is 1. The number of nitrogens with zero attached hydrogens (tertiary/aromatic N) is 2. The normalized spacial score (nSPS) is 17.9. The monoisotopic (exact) mass is 350 g/mol. The van der Waals surface area contributed by atoms with Crippen LogP contribution in [0.4, 0.5) is 5.69 Å². The first-order valence-corrected chi connectivity index (χ1v) is 9.99. The zero-order chi connectivity index (χ0) is 15.5. The van der Waals surface area contributed by atoms with E-state index >= 15 is 0 Å². The number of benzene rings is 1. The molecule has 3 nitrogen and oxygen atoms in total. The van der Waals surface area contributed by atoms with Gasteiger partial charge in [0.2, 0.25) is 5.91 Å². The summed E-state index contributed by atoms with van der Waals surface area (Å²) in [4.78, 5) is 20.2. The van der Waals surface area contributed by atoms with E-state index in [1.165, 1.54) is 16.7 Å². The minimum Gasteiger partial charge on any atom is -0.311 e. The largest absolute Gasteiger partial charge is 0.311 e.